The molecule has 1 fully saturated rings. The summed E-state index contributed by atoms with van der Waals surface area (Å²) in [4.78, 5) is 10.4. The third kappa shape index (κ3) is 2.66. The van der Waals surface area contributed by atoms with Gasteiger partial charge in [-0.3, -0.25) is 0 Å². The molecule has 0 aromatic heterocycles. The third-order valence-corrected chi connectivity index (χ3v) is 3.68. The number of carboxylic acids is 1. The molecule has 0 aliphatic carbocycles. The van der Waals surface area contributed by atoms with E-state index in [-0.39, 0.29) is 11.5 Å². The van der Waals surface area contributed by atoms with Crippen molar-refractivity contribution in [3.05, 3.63) is 0 Å². The molecule has 2 N–H and O–H groups in total. The third-order valence-electron chi connectivity index (χ3n) is 2.00. The number of sulfone groups is 1. The predicted octanol–water partition coefficient (Wildman–Crippen LogP) is -1.37. The van der Waals surface area contributed by atoms with Crippen LogP contribution in [-0.2, 0) is 19.4 Å². The molecule has 0 saturated carbocycles. The largest absolute Gasteiger partial charge is 0.479 e. The fourth-order valence-electron chi connectivity index (χ4n) is 1.25. The van der Waals surface area contributed by atoms with Crippen molar-refractivity contribution in [3.63, 3.8) is 0 Å². The number of hydrogen-bond acceptors (Lipinski definition) is 5. The van der Waals surface area contributed by atoms with E-state index in [4.69, 9.17) is 9.84 Å². The Bertz CT molecular complexity index is 321. The molecule has 1 rings (SSSR count). The van der Waals surface area contributed by atoms with Crippen molar-refractivity contribution in [3.8, 4) is 0 Å². The highest BCUT2D eigenvalue weighted by Crippen LogP contribution is 2.17. The summed E-state index contributed by atoms with van der Waals surface area (Å²) in [6, 6.07) is 0. The minimum Gasteiger partial charge on any atom is -0.479 e. The van der Waals surface area contributed by atoms with E-state index in [0.29, 0.717) is 0 Å². The normalized spacial score (nSPS) is 32.7. The van der Waals surface area contributed by atoms with Crippen LogP contribution in [0, 0.1) is 0 Å². The lowest BCUT2D eigenvalue weighted by Crippen LogP contribution is -2.33. The molecule has 1 saturated heterocycles. The average molecular weight is 224 g/mol. The predicted molar refractivity (Wildman–Crippen MR) is 46.6 cm³/mol. The highest BCUT2D eigenvalue weighted by atomic mass is 32.2. The number of aliphatic hydroxyl groups excluding tert-OH is 1. The lowest BCUT2D eigenvalue weighted by atomic mass is 10.2. The Hall–Kier alpha value is -0.660. The van der Waals surface area contributed by atoms with Gasteiger partial charge in [-0.15, -0.1) is 0 Å². The van der Waals surface area contributed by atoms with Crippen LogP contribution in [0.25, 0.3) is 0 Å². The fourth-order valence-corrected chi connectivity index (χ4v) is 2.92. The van der Waals surface area contributed by atoms with Crippen LogP contribution in [-0.4, -0.2) is 54.4 Å². The molecule has 82 valence electrons. The Morgan fingerprint density at radius 3 is 2.43 bits per heavy atom. The summed E-state index contributed by atoms with van der Waals surface area (Å²) < 4.78 is 26.9. The van der Waals surface area contributed by atoms with Crippen molar-refractivity contribution in [1.82, 2.24) is 0 Å². The molecule has 0 bridgehead atoms. The van der Waals surface area contributed by atoms with E-state index in [1.807, 2.05) is 0 Å². The first kappa shape index (κ1) is 11.4. The average Bonchev–Trinajstić information content (AvgIpc) is 2.24. The summed E-state index contributed by atoms with van der Waals surface area (Å²) in [5.41, 5.74) is 0. The van der Waals surface area contributed by atoms with Crippen LogP contribution in [0.5, 0.6) is 0 Å². The smallest absolute Gasteiger partial charge is 0.332 e. The van der Waals surface area contributed by atoms with Crippen molar-refractivity contribution in [2.75, 3.05) is 11.5 Å². The Morgan fingerprint density at radius 1 is 1.50 bits per heavy atom. The SMILES string of the molecule is C[C@@H](OC1CS(=O)(=O)CC1O)C(=O)O. The summed E-state index contributed by atoms with van der Waals surface area (Å²) in [6.07, 6.45) is -3.16. The van der Waals surface area contributed by atoms with Crippen LogP contribution in [0.3, 0.4) is 0 Å². The fraction of sp³-hybridized carbons (Fsp3) is 0.857. The molecule has 1 heterocycles. The van der Waals surface area contributed by atoms with E-state index >= 15 is 0 Å². The van der Waals surface area contributed by atoms with Gasteiger partial charge in [-0.1, -0.05) is 0 Å². The monoisotopic (exact) mass is 224 g/mol. The van der Waals surface area contributed by atoms with Crippen LogP contribution in [0.2, 0.25) is 0 Å². The van der Waals surface area contributed by atoms with Crippen LogP contribution in [0.4, 0.5) is 0 Å². The molecule has 14 heavy (non-hydrogen) atoms. The van der Waals surface area contributed by atoms with Crippen molar-refractivity contribution < 1.29 is 28.2 Å². The number of rotatable bonds is 3. The molecule has 0 radical (unpaired) electrons. The Kier molecular flexibility index (Phi) is 3.13. The summed E-state index contributed by atoms with van der Waals surface area (Å²) >= 11 is 0. The maximum Gasteiger partial charge on any atom is 0.332 e. The number of ether oxygens (including phenoxy) is 1. The number of aliphatic hydroxyl groups is 1. The number of aliphatic carboxylic acids is 1. The van der Waals surface area contributed by atoms with Gasteiger partial charge in [-0.25, -0.2) is 13.2 Å². The number of carbonyl (C=O) groups is 1. The first-order valence-corrected chi connectivity index (χ1v) is 5.91. The van der Waals surface area contributed by atoms with E-state index in [1.165, 1.54) is 6.92 Å². The van der Waals surface area contributed by atoms with E-state index in [2.05, 4.69) is 0 Å². The standard InChI is InChI=1S/C7H12O6S/c1-4(7(9)10)13-6-3-14(11,12)2-5(6)8/h4-6,8H,2-3H2,1H3,(H,9,10)/t4-,5?,6?/m1/s1. The maximum absolute atomic E-state index is 11.0. The molecule has 1 aliphatic heterocycles. The second kappa shape index (κ2) is 3.84. The van der Waals surface area contributed by atoms with Gasteiger partial charge in [-0.2, -0.15) is 0 Å². The first-order chi connectivity index (χ1) is 6.32. The van der Waals surface area contributed by atoms with Crippen LogP contribution >= 0.6 is 0 Å². The maximum atomic E-state index is 11.0. The van der Waals surface area contributed by atoms with Gasteiger partial charge in [0.1, 0.15) is 0 Å². The van der Waals surface area contributed by atoms with Crippen molar-refractivity contribution in [2.24, 2.45) is 0 Å². The molecule has 6 nitrogen and oxygen atoms in total. The van der Waals surface area contributed by atoms with Gasteiger partial charge in [-0.05, 0) is 6.92 Å². The van der Waals surface area contributed by atoms with E-state index in [1.54, 1.807) is 0 Å². The molecule has 3 atom stereocenters. The van der Waals surface area contributed by atoms with Gasteiger partial charge >= 0.3 is 5.97 Å². The van der Waals surface area contributed by atoms with Gasteiger partial charge in [0.05, 0.1) is 23.7 Å². The van der Waals surface area contributed by atoms with E-state index in [0.717, 1.165) is 0 Å². The number of carboxylic acid groups (broad SMARTS) is 1. The second-order valence-corrected chi connectivity index (χ2v) is 5.45. The second-order valence-electron chi connectivity index (χ2n) is 3.30. The molecule has 0 aromatic carbocycles. The van der Waals surface area contributed by atoms with Crippen LogP contribution < -0.4 is 0 Å². The topological polar surface area (TPSA) is 101 Å². The Morgan fingerprint density at radius 2 is 2.07 bits per heavy atom. The Labute approximate surface area is 81.4 Å². The minimum atomic E-state index is -3.28. The van der Waals surface area contributed by atoms with Crippen molar-refractivity contribution in [2.45, 2.75) is 25.2 Å². The highest BCUT2D eigenvalue weighted by Gasteiger charge is 2.38. The van der Waals surface area contributed by atoms with Gasteiger partial charge in [0, 0.05) is 0 Å². The van der Waals surface area contributed by atoms with E-state index in [9.17, 15) is 18.3 Å². The van der Waals surface area contributed by atoms with Crippen molar-refractivity contribution >= 4 is 15.8 Å². The first-order valence-electron chi connectivity index (χ1n) is 4.08. The number of hydrogen-bond donors (Lipinski definition) is 2. The molecule has 0 spiro atoms. The molecule has 0 amide bonds. The molecule has 2 unspecified atom stereocenters. The zero-order chi connectivity index (χ0) is 10.9. The van der Waals surface area contributed by atoms with Crippen LogP contribution in [0.15, 0.2) is 0 Å². The Balaban J connectivity index is 2.59. The zero-order valence-corrected chi connectivity index (χ0v) is 8.40. The lowest BCUT2D eigenvalue weighted by molar-refractivity contribution is -0.154. The van der Waals surface area contributed by atoms with Crippen LogP contribution in [0.1, 0.15) is 6.92 Å². The summed E-state index contributed by atoms with van der Waals surface area (Å²) in [7, 11) is -3.28. The molecular weight excluding hydrogens is 212 g/mol. The zero-order valence-electron chi connectivity index (χ0n) is 7.58. The summed E-state index contributed by atoms with van der Waals surface area (Å²) in [5, 5.41) is 17.8. The summed E-state index contributed by atoms with van der Waals surface area (Å²) in [6.45, 7) is 1.29. The van der Waals surface area contributed by atoms with Gasteiger partial charge in [0.25, 0.3) is 0 Å². The molecular formula is C7H12O6S. The van der Waals surface area contributed by atoms with E-state index < -0.39 is 34.1 Å². The van der Waals surface area contributed by atoms with Gasteiger partial charge in [0.2, 0.25) is 0 Å². The van der Waals surface area contributed by atoms with Crippen molar-refractivity contribution in [1.29, 1.82) is 0 Å². The molecule has 7 heteroatoms. The molecule has 0 aromatic rings. The highest BCUT2D eigenvalue weighted by molar-refractivity contribution is 7.91. The van der Waals surface area contributed by atoms with Gasteiger partial charge < -0.3 is 14.9 Å². The molecule has 1 aliphatic rings. The van der Waals surface area contributed by atoms with Gasteiger partial charge in [0.15, 0.2) is 15.9 Å². The minimum absolute atomic E-state index is 0.314. The quantitative estimate of drug-likeness (QED) is 0.613. The summed E-state index contributed by atoms with van der Waals surface area (Å²) in [5.74, 6) is -1.85. The lowest BCUT2D eigenvalue weighted by Gasteiger charge is -2.16.